The van der Waals surface area contributed by atoms with E-state index in [1.165, 1.54) is 0 Å². The van der Waals surface area contributed by atoms with Crippen LogP contribution >= 0.6 is 0 Å². The largest absolute Gasteiger partial charge is 0.328 e. The zero-order valence-electron chi connectivity index (χ0n) is 7.12. The Kier molecular flexibility index (Phi) is 3.06. The van der Waals surface area contributed by atoms with Crippen molar-refractivity contribution >= 4 is 6.29 Å². The van der Waals surface area contributed by atoms with Gasteiger partial charge in [-0.3, -0.25) is 0 Å². The normalized spacial score (nSPS) is 34.7. The second kappa shape index (κ2) is 3.86. The first-order chi connectivity index (χ1) is 5.24. The minimum Gasteiger partial charge on any atom is -0.328 e. The molecular weight excluding hydrogens is 138 g/mol. The number of hydrogen-bond donors (Lipinski definition) is 1. The predicted molar refractivity (Wildman–Crippen MR) is 45.2 cm³/mol. The Morgan fingerprint density at radius 1 is 1.36 bits per heavy atom. The molecule has 1 saturated carbocycles. The molecule has 1 aliphatic carbocycles. The molecule has 2 nitrogen and oxygen atoms in total. The van der Waals surface area contributed by atoms with Crippen LogP contribution in [-0.2, 0) is 4.79 Å². The van der Waals surface area contributed by atoms with E-state index >= 15 is 0 Å². The van der Waals surface area contributed by atoms with E-state index in [2.05, 4.69) is 6.92 Å². The standard InChI is InChI=1S/C9H17NO/c1-7(10)9-4-2-8(6-11)3-5-9/h6-9H,2-5,10H2,1H3. The zero-order valence-corrected chi connectivity index (χ0v) is 7.12. The van der Waals surface area contributed by atoms with Crippen molar-refractivity contribution in [2.75, 3.05) is 0 Å². The van der Waals surface area contributed by atoms with Gasteiger partial charge in [-0.2, -0.15) is 0 Å². The fourth-order valence-electron chi connectivity index (χ4n) is 1.81. The van der Waals surface area contributed by atoms with Gasteiger partial charge in [0.15, 0.2) is 0 Å². The smallest absolute Gasteiger partial charge is 0.123 e. The number of carbonyl (C=O) groups is 1. The third-order valence-electron chi connectivity index (χ3n) is 2.75. The van der Waals surface area contributed by atoms with Gasteiger partial charge in [-0.25, -0.2) is 0 Å². The monoisotopic (exact) mass is 155 g/mol. The maximum absolute atomic E-state index is 10.4. The van der Waals surface area contributed by atoms with E-state index in [9.17, 15) is 4.79 Å². The molecule has 11 heavy (non-hydrogen) atoms. The predicted octanol–water partition coefficient (Wildman–Crippen LogP) is 1.34. The van der Waals surface area contributed by atoms with Crippen LogP contribution in [0.15, 0.2) is 0 Å². The van der Waals surface area contributed by atoms with E-state index < -0.39 is 0 Å². The van der Waals surface area contributed by atoms with Crippen LogP contribution in [0.25, 0.3) is 0 Å². The maximum Gasteiger partial charge on any atom is 0.123 e. The number of rotatable bonds is 2. The summed E-state index contributed by atoms with van der Waals surface area (Å²) in [6.07, 6.45) is 5.48. The van der Waals surface area contributed by atoms with Crippen molar-refractivity contribution in [3.8, 4) is 0 Å². The van der Waals surface area contributed by atoms with Crippen molar-refractivity contribution < 1.29 is 4.79 Å². The van der Waals surface area contributed by atoms with Gasteiger partial charge in [0.2, 0.25) is 0 Å². The average molecular weight is 155 g/mol. The molecule has 1 aliphatic rings. The summed E-state index contributed by atoms with van der Waals surface area (Å²) in [5.41, 5.74) is 5.77. The molecule has 0 bridgehead atoms. The van der Waals surface area contributed by atoms with Crippen molar-refractivity contribution in [2.45, 2.75) is 38.6 Å². The fourth-order valence-corrected chi connectivity index (χ4v) is 1.81. The Balaban J connectivity index is 2.29. The van der Waals surface area contributed by atoms with Crippen LogP contribution in [0.4, 0.5) is 0 Å². The highest BCUT2D eigenvalue weighted by Gasteiger charge is 2.22. The summed E-state index contributed by atoms with van der Waals surface area (Å²) < 4.78 is 0. The number of aldehydes is 1. The molecule has 0 spiro atoms. The Bertz CT molecular complexity index is 126. The Labute approximate surface area is 68.2 Å². The second-order valence-corrected chi connectivity index (χ2v) is 3.67. The lowest BCUT2D eigenvalue weighted by Crippen LogP contribution is -2.30. The van der Waals surface area contributed by atoms with E-state index in [1.807, 2.05) is 0 Å². The van der Waals surface area contributed by atoms with Crippen LogP contribution in [0.1, 0.15) is 32.6 Å². The van der Waals surface area contributed by atoms with Crippen LogP contribution in [0.5, 0.6) is 0 Å². The average Bonchev–Trinajstić information content (AvgIpc) is 2.05. The van der Waals surface area contributed by atoms with Gasteiger partial charge in [0.05, 0.1) is 0 Å². The molecule has 0 amide bonds. The van der Waals surface area contributed by atoms with Crippen LogP contribution in [0.3, 0.4) is 0 Å². The third kappa shape index (κ3) is 2.29. The maximum atomic E-state index is 10.4. The molecule has 1 unspecified atom stereocenters. The van der Waals surface area contributed by atoms with Crippen LogP contribution in [-0.4, -0.2) is 12.3 Å². The van der Waals surface area contributed by atoms with Crippen molar-refractivity contribution in [1.82, 2.24) is 0 Å². The Morgan fingerprint density at radius 2 is 1.91 bits per heavy atom. The molecule has 0 heterocycles. The van der Waals surface area contributed by atoms with Crippen molar-refractivity contribution in [1.29, 1.82) is 0 Å². The molecule has 1 rings (SSSR count). The van der Waals surface area contributed by atoms with Gasteiger partial charge in [-0.05, 0) is 38.5 Å². The Hall–Kier alpha value is -0.370. The van der Waals surface area contributed by atoms with Crippen LogP contribution in [0.2, 0.25) is 0 Å². The third-order valence-corrected chi connectivity index (χ3v) is 2.75. The Morgan fingerprint density at radius 3 is 2.27 bits per heavy atom. The van der Waals surface area contributed by atoms with E-state index in [-0.39, 0.29) is 0 Å². The highest BCUT2D eigenvalue weighted by atomic mass is 16.1. The summed E-state index contributed by atoms with van der Waals surface area (Å²) in [7, 11) is 0. The first-order valence-electron chi connectivity index (χ1n) is 4.45. The van der Waals surface area contributed by atoms with Gasteiger partial charge >= 0.3 is 0 Å². The van der Waals surface area contributed by atoms with Gasteiger partial charge in [-0.1, -0.05) is 0 Å². The zero-order chi connectivity index (χ0) is 8.27. The molecule has 0 aromatic rings. The summed E-state index contributed by atoms with van der Waals surface area (Å²) in [6, 6.07) is 0.308. The van der Waals surface area contributed by atoms with Gasteiger partial charge in [-0.15, -0.1) is 0 Å². The van der Waals surface area contributed by atoms with E-state index in [1.54, 1.807) is 0 Å². The van der Waals surface area contributed by atoms with Crippen molar-refractivity contribution in [2.24, 2.45) is 17.6 Å². The van der Waals surface area contributed by atoms with Gasteiger partial charge in [0.25, 0.3) is 0 Å². The summed E-state index contributed by atoms with van der Waals surface area (Å²) in [6.45, 7) is 2.06. The minimum atomic E-state index is 0.308. The molecular formula is C9H17NO. The molecule has 0 radical (unpaired) electrons. The molecule has 0 aliphatic heterocycles. The topological polar surface area (TPSA) is 43.1 Å². The lowest BCUT2D eigenvalue weighted by molar-refractivity contribution is -0.112. The number of hydrogen-bond acceptors (Lipinski definition) is 2. The molecule has 0 saturated heterocycles. The second-order valence-electron chi connectivity index (χ2n) is 3.67. The highest BCUT2D eigenvalue weighted by Crippen LogP contribution is 2.28. The fraction of sp³-hybridized carbons (Fsp3) is 0.889. The summed E-state index contributed by atoms with van der Waals surface area (Å²) in [5, 5.41) is 0. The van der Waals surface area contributed by atoms with Crippen LogP contribution in [0, 0.1) is 11.8 Å². The minimum absolute atomic E-state index is 0.308. The number of carbonyl (C=O) groups excluding carboxylic acids is 1. The molecule has 2 heteroatoms. The van der Waals surface area contributed by atoms with Gasteiger partial charge in [0.1, 0.15) is 6.29 Å². The summed E-state index contributed by atoms with van der Waals surface area (Å²) >= 11 is 0. The highest BCUT2D eigenvalue weighted by molar-refractivity contribution is 5.53. The molecule has 0 aromatic heterocycles. The van der Waals surface area contributed by atoms with Gasteiger partial charge < -0.3 is 10.5 Å². The summed E-state index contributed by atoms with van der Waals surface area (Å²) in [4.78, 5) is 10.4. The van der Waals surface area contributed by atoms with E-state index in [4.69, 9.17) is 5.73 Å². The quantitative estimate of drug-likeness (QED) is 0.611. The number of nitrogens with two attached hydrogens (primary N) is 1. The molecule has 2 N–H and O–H groups in total. The van der Waals surface area contributed by atoms with Crippen molar-refractivity contribution in [3.05, 3.63) is 0 Å². The molecule has 1 atom stereocenters. The molecule has 64 valence electrons. The van der Waals surface area contributed by atoms with Crippen LogP contribution < -0.4 is 5.73 Å². The first kappa shape index (κ1) is 8.72. The lowest BCUT2D eigenvalue weighted by Gasteiger charge is -2.27. The first-order valence-corrected chi connectivity index (χ1v) is 4.45. The van der Waals surface area contributed by atoms with E-state index in [0.717, 1.165) is 32.0 Å². The molecule has 1 fully saturated rings. The van der Waals surface area contributed by atoms with Crippen molar-refractivity contribution in [3.63, 3.8) is 0 Å². The van der Waals surface area contributed by atoms with Gasteiger partial charge in [0, 0.05) is 12.0 Å². The van der Waals surface area contributed by atoms with E-state index in [0.29, 0.717) is 17.9 Å². The SMILES string of the molecule is CC(N)C1CCC(C=O)CC1. The summed E-state index contributed by atoms with van der Waals surface area (Å²) in [5.74, 6) is 0.983. The molecule has 0 aromatic carbocycles. The lowest BCUT2D eigenvalue weighted by atomic mass is 9.80.